The summed E-state index contributed by atoms with van der Waals surface area (Å²) in [5, 5.41) is 3.54. The van der Waals surface area contributed by atoms with Crippen LogP contribution in [-0.2, 0) is 0 Å². The van der Waals surface area contributed by atoms with E-state index in [0.29, 0.717) is 0 Å². The molecular formula is C11H21NS. The van der Waals surface area contributed by atoms with Crippen molar-refractivity contribution < 1.29 is 0 Å². The topological polar surface area (TPSA) is 12.0 Å². The van der Waals surface area contributed by atoms with E-state index in [4.69, 9.17) is 0 Å². The highest BCUT2D eigenvalue weighted by Crippen LogP contribution is 2.16. The Morgan fingerprint density at radius 3 is 3.08 bits per heavy atom. The highest BCUT2D eigenvalue weighted by atomic mass is 32.2. The van der Waals surface area contributed by atoms with Gasteiger partial charge in [0.1, 0.15) is 0 Å². The van der Waals surface area contributed by atoms with Crippen molar-refractivity contribution in [2.75, 3.05) is 25.1 Å². The van der Waals surface area contributed by atoms with E-state index in [9.17, 15) is 0 Å². The zero-order valence-electron chi connectivity index (χ0n) is 8.59. The largest absolute Gasteiger partial charge is 0.316 e. The number of hydrogen-bond acceptors (Lipinski definition) is 2. The van der Waals surface area contributed by atoms with Crippen molar-refractivity contribution in [2.24, 2.45) is 5.92 Å². The summed E-state index contributed by atoms with van der Waals surface area (Å²) in [5.41, 5.74) is 0. The van der Waals surface area contributed by atoms with Crippen molar-refractivity contribution in [1.29, 1.82) is 0 Å². The Balaban J connectivity index is 1.90. The van der Waals surface area contributed by atoms with Crippen molar-refractivity contribution in [3.05, 3.63) is 12.2 Å². The zero-order chi connectivity index (χ0) is 9.36. The van der Waals surface area contributed by atoms with Crippen LogP contribution < -0.4 is 5.32 Å². The Bertz CT molecular complexity index is 145. The normalized spacial score (nSPS) is 22.1. The predicted octanol–water partition coefficient (Wildman–Crippen LogP) is 2.69. The Morgan fingerprint density at radius 2 is 2.38 bits per heavy atom. The van der Waals surface area contributed by atoms with Gasteiger partial charge in [-0.25, -0.2) is 0 Å². The summed E-state index contributed by atoms with van der Waals surface area (Å²) in [6, 6.07) is 0. The van der Waals surface area contributed by atoms with Crippen LogP contribution in [0, 0.1) is 5.92 Å². The third-order valence-electron chi connectivity index (χ3n) is 2.51. The molecule has 76 valence electrons. The van der Waals surface area contributed by atoms with Gasteiger partial charge in [0.2, 0.25) is 0 Å². The van der Waals surface area contributed by atoms with Crippen molar-refractivity contribution in [3.63, 3.8) is 0 Å². The zero-order valence-corrected chi connectivity index (χ0v) is 9.41. The van der Waals surface area contributed by atoms with Crippen LogP contribution in [0.2, 0.25) is 0 Å². The summed E-state index contributed by atoms with van der Waals surface area (Å²) < 4.78 is 0. The number of nitrogens with one attached hydrogen (secondary N) is 1. The van der Waals surface area contributed by atoms with E-state index in [-0.39, 0.29) is 0 Å². The summed E-state index contributed by atoms with van der Waals surface area (Å²) >= 11 is 1.94. The minimum Gasteiger partial charge on any atom is -0.316 e. The minimum absolute atomic E-state index is 0.902. The maximum Gasteiger partial charge on any atom is -0.00174 e. The van der Waals surface area contributed by atoms with Crippen LogP contribution in [0.1, 0.15) is 25.7 Å². The van der Waals surface area contributed by atoms with Gasteiger partial charge in [0, 0.05) is 0 Å². The van der Waals surface area contributed by atoms with Gasteiger partial charge in [-0.1, -0.05) is 12.2 Å². The molecule has 1 aliphatic rings. The molecule has 0 amide bonds. The van der Waals surface area contributed by atoms with Crippen LogP contribution in [-0.4, -0.2) is 25.1 Å². The fourth-order valence-electron chi connectivity index (χ4n) is 1.69. The van der Waals surface area contributed by atoms with Crippen molar-refractivity contribution in [2.45, 2.75) is 25.7 Å². The van der Waals surface area contributed by atoms with Crippen LogP contribution in [0.25, 0.3) is 0 Å². The highest BCUT2D eigenvalue weighted by molar-refractivity contribution is 7.98. The van der Waals surface area contributed by atoms with Gasteiger partial charge in [-0.2, -0.15) is 11.8 Å². The molecule has 0 aromatic heterocycles. The molecule has 13 heavy (non-hydrogen) atoms. The average molecular weight is 199 g/mol. The molecule has 1 nitrogen and oxygen atoms in total. The molecule has 1 aliphatic carbocycles. The first-order valence-electron chi connectivity index (χ1n) is 5.28. The van der Waals surface area contributed by atoms with Crippen LogP contribution >= 0.6 is 11.8 Å². The average Bonchev–Trinajstić information content (AvgIpc) is 2.19. The second-order valence-electron chi connectivity index (χ2n) is 3.70. The van der Waals surface area contributed by atoms with Gasteiger partial charge < -0.3 is 5.32 Å². The monoisotopic (exact) mass is 199 g/mol. The predicted molar refractivity (Wildman–Crippen MR) is 62.3 cm³/mol. The molecule has 0 radical (unpaired) electrons. The van der Waals surface area contributed by atoms with E-state index in [2.05, 4.69) is 23.7 Å². The van der Waals surface area contributed by atoms with Gasteiger partial charge in [-0.05, 0) is 56.7 Å². The van der Waals surface area contributed by atoms with Gasteiger partial charge in [0.05, 0.1) is 0 Å². The molecular weight excluding hydrogens is 178 g/mol. The van der Waals surface area contributed by atoms with E-state index in [1.54, 1.807) is 0 Å². The summed E-state index contributed by atoms with van der Waals surface area (Å²) in [4.78, 5) is 0. The van der Waals surface area contributed by atoms with Gasteiger partial charge in [0.15, 0.2) is 0 Å². The maximum absolute atomic E-state index is 3.54. The van der Waals surface area contributed by atoms with Crippen LogP contribution in [0.15, 0.2) is 12.2 Å². The first-order valence-corrected chi connectivity index (χ1v) is 6.67. The molecule has 0 saturated heterocycles. The van der Waals surface area contributed by atoms with Gasteiger partial charge >= 0.3 is 0 Å². The molecule has 1 unspecified atom stereocenters. The smallest absolute Gasteiger partial charge is 0.00174 e. The van der Waals surface area contributed by atoms with Gasteiger partial charge in [-0.3, -0.25) is 0 Å². The fraction of sp³-hybridized carbons (Fsp3) is 0.818. The summed E-state index contributed by atoms with van der Waals surface area (Å²) in [6.07, 6.45) is 12.1. The fourth-order valence-corrected chi connectivity index (χ4v) is 2.12. The standard InChI is InChI=1S/C11H21NS/c1-13-9-5-8-12-10-11-6-3-2-4-7-11/h2-3,11-12H,4-10H2,1H3. The number of rotatable bonds is 6. The van der Waals surface area contributed by atoms with Gasteiger partial charge in [0.25, 0.3) is 0 Å². The van der Waals surface area contributed by atoms with Crippen LogP contribution in [0.5, 0.6) is 0 Å². The lowest BCUT2D eigenvalue weighted by atomic mass is 9.94. The Kier molecular flexibility index (Phi) is 6.38. The molecule has 0 fully saturated rings. The quantitative estimate of drug-likeness (QED) is 0.521. The van der Waals surface area contributed by atoms with E-state index >= 15 is 0 Å². The second kappa shape index (κ2) is 7.45. The first-order chi connectivity index (χ1) is 6.43. The molecule has 1 rings (SSSR count). The van der Waals surface area contributed by atoms with Crippen molar-refractivity contribution >= 4 is 11.8 Å². The molecule has 2 heteroatoms. The lowest BCUT2D eigenvalue weighted by molar-refractivity contribution is 0.442. The summed E-state index contributed by atoms with van der Waals surface area (Å²) in [5.74, 6) is 2.19. The Labute approximate surface area is 86.4 Å². The molecule has 0 aromatic rings. The molecule has 0 spiro atoms. The van der Waals surface area contributed by atoms with E-state index in [1.807, 2.05) is 11.8 Å². The molecule has 0 saturated carbocycles. The number of hydrogen-bond donors (Lipinski definition) is 1. The maximum atomic E-state index is 3.54. The Hall–Kier alpha value is 0.0500. The molecule has 0 bridgehead atoms. The van der Waals surface area contributed by atoms with Crippen molar-refractivity contribution in [1.82, 2.24) is 5.32 Å². The van der Waals surface area contributed by atoms with Gasteiger partial charge in [-0.15, -0.1) is 0 Å². The molecule has 1 atom stereocenters. The van der Waals surface area contributed by atoms with E-state index < -0.39 is 0 Å². The second-order valence-corrected chi connectivity index (χ2v) is 4.69. The molecule has 0 aliphatic heterocycles. The van der Waals surface area contributed by atoms with E-state index in [0.717, 1.165) is 5.92 Å². The Morgan fingerprint density at radius 1 is 1.46 bits per heavy atom. The highest BCUT2D eigenvalue weighted by Gasteiger charge is 2.08. The van der Waals surface area contributed by atoms with E-state index in [1.165, 1.54) is 44.5 Å². The SMILES string of the molecule is CSCCCNCC1CC=CCC1. The first kappa shape index (κ1) is 11.1. The molecule has 0 heterocycles. The van der Waals surface area contributed by atoms with Crippen LogP contribution in [0.3, 0.4) is 0 Å². The minimum atomic E-state index is 0.902. The lowest BCUT2D eigenvalue weighted by Crippen LogP contribution is -2.24. The molecule has 0 aromatic carbocycles. The van der Waals surface area contributed by atoms with Crippen LogP contribution in [0.4, 0.5) is 0 Å². The third-order valence-corrected chi connectivity index (χ3v) is 3.21. The van der Waals surface area contributed by atoms with Crippen molar-refractivity contribution in [3.8, 4) is 0 Å². The third kappa shape index (κ3) is 5.37. The molecule has 1 N–H and O–H groups in total. The number of allylic oxidation sites excluding steroid dienone is 2. The summed E-state index contributed by atoms with van der Waals surface area (Å²) in [6.45, 7) is 2.42. The lowest BCUT2D eigenvalue weighted by Gasteiger charge is -2.17. The summed E-state index contributed by atoms with van der Waals surface area (Å²) in [7, 11) is 0. The number of thioether (sulfide) groups is 1.